The molecule has 0 bridgehead atoms. The van der Waals surface area contributed by atoms with Gasteiger partial charge in [0.15, 0.2) is 17.0 Å². The molecule has 3 rings (SSSR count). The highest BCUT2D eigenvalue weighted by molar-refractivity contribution is 5.83. The first kappa shape index (κ1) is 16.8. The van der Waals surface area contributed by atoms with Gasteiger partial charge in [0.05, 0.1) is 12.9 Å². The summed E-state index contributed by atoms with van der Waals surface area (Å²) in [7, 11) is 0. The van der Waals surface area contributed by atoms with E-state index in [2.05, 4.69) is 20.3 Å². The van der Waals surface area contributed by atoms with Crippen LogP contribution in [0.15, 0.2) is 18.0 Å². The lowest BCUT2D eigenvalue weighted by Gasteiger charge is -2.23. The van der Waals surface area contributed by atoms with Gasteiger partial charge in [0.25, 0.3) is 0 Å². The smallest absolute Gasteiger partial charge is 0.312 e. The molecule has 130 valence electrons. The van der Waals surface area contributed by atoms with Gasteiger partial charge in [0.1, 0.15) is 6.23 Å². The molecule has 0 spiro atoms. The number of rotatable bonds is 5. The van der Waals surface area contributed by atoms with Crippen molar-refractivity contribution in [3.8, 4) is 0 Å². The number of anilines is 1. The molecule has 1 saturated heterocycles. The maximum atomic E-state index is 13.9. The third kappa shape index (κ3) is 3.54. The van der Waals surface area contributed by atoms with E-state index in [4.69, 9.17) is 9.84 Å². The Bertz CT molecular complexity index is 739. The molecule has 2 N–H and O–H groups in total. The maximum Gasteiger partial charge on any atom is 0.312 e. The summed E-state index contributed by atoms with van der Waals surface area (Å²) < 4.78 is 21.4. The number of hydrogen-bond donors (Lipinski definition) is 2. The minimum Gasteiger partial charge on any atom is -0.392 e. The second-order valence-electron chi connectivity index (χ2n) is 6.09. The third-order valence-corrected chi connectivity index (χ3v) is 4.01. The van der Waals surface area contributed by atoms with E-state index in [-0.39, 0.29) is 18.9 Å². The van der Waals surface area contributed by atoms with Gasteiger partial charge in [0, 0.05) is 12.6 Å². The van der Waals surface area contributed by atoms with Crippen LogP contribution < -0.4 is 5.32 Å². The standard InChI is InChI=1S/C16H22FN5O2/c1-10(8-23)7-11(2)19-14-13-15(21-16(17)20-14)22(9-18-13)12-5-3-4-6-24-12/h7,9,11-12,23H,3-6,8H2,1-2H3,(H,19,20,21)/b10-7+. The van der Waals surface area contributed by atoms with Gasteiger partial charge in [-0.15, -0.1) is 0 Å². The fourth-order valence-corrected chi connectivity index (χ4v) is 2.88. The van der Waals surface area contributed by atoms with Crippen LogP contribution in [-0.4, -0.2) is 43.9 Å². The van der Waals surface area contributed by atoms with Gasteiger partial charge < -0.3 is 15.2 Å². The average Bonchev–Trinajstić information content (AvgIpc) is 2.99. The molecule has 2 unspecified atom stereocenters. The highest BCUT2D eigenvalue weighted by atomic mass is 19.1. The number of nitrogens with one attached hydrogen (secondary N) is 1. The maximum absolute atomic E-state index is 13.9. The highest BCUT2D eigenvalue weighted by Gasteiger charge is 2.21. The molecule has 24 heavy (non-hydrogen) atoms. The minimum atomic E-state index is -0.808. The van der Waals surface area contributed by atoms with Gasteiger partial charge in [-0.05, 0) is 33.1 Å². The van der Waals surface area contributed by atoms with E-state index in [1.54, 1.807) is 10.9 Å². The predicted molar refractivity (Wildman–Crippen MR) is 88.0 cm³/mol. The zero-order valence-corrected chi connectivity index (χ0v) is 13.9. The summed E-state index contributed by atoms with van der Waals surface area (Å²) in [5.41, 5.74) is 1.75. The van der Waals surface area contributed by atoms with Crippen molar-refractivity contribution in [1.82, 2.24) is 19.5 Å². The molecule has 0 aliphatic carbocycles. The molecule has 2 aromatic rings. The summed E-state index contributed by atoms with van der Waals surface area (Å²) in [6.45, 7) is 4.38. The lowest BCUT2D eigenvalue weighted by Crippen LogP contribution is -2.18. The van der Waals surface area contributed by atoms with E-state index in [0.717, 1.165) is 24.8 Å². The van der Waals surface area contributed by atoms with Crippen molar-refractivity contribution in [3.05, 3.63) is 24.1 Å². The molecule has 1 aliphatic rings. The van der Waals surface area contributed by atoms with Crippen LogP contribution in [0.2, 0.25) is 0 Å². The zero-order chi connectivity index (χ0) is 17.1. The van der Waals surface area contributed by atoms with Crippen molar-refractivity contribution in [2.45, 2.75) is 45.4 Å². The minimum absolute atomic E-state index is 0.0206. The summed E-state index contributed by atoms with van der Waals surface area (Å²) >= 11 is 0. The van der Waals surface area contributed by atoms with E-state index in [9.17, 15) is 4.39 Å². The summed E-state index contributed by atoms with van der Waals surface area (Å²) in [5, 5.41) is 12.2. The summed E-state index contributed by atoms with van der Waals surface area (Å²) in [5.74, 6) is 0.335. The van der Waals surface area contributed by atoms with Crippen LogP contribution >= 0.6 is 0 Å². The molecule has 0 aromatic carbocycles. The van der Waals surface area contributed by atoms with Crippen molar-refractivity contribution < 1.29 is 14.2 Å². The fourth-order valence-electron chi connectivity index (χ4n) is 2.88. The molecule has 1 fully saturated rings. The van der Waals surface area contributed by atoms with Crippen molar-refractivity contribution in [3.63, 3.8) is 0 Å². The number of ether oxygens (including phenoxy) is 1. The van der Waals surface area contributed by atoms with Gasteiger partial charge in [-0.25, -0.2) is 4.98 Å². The Morgan fingerprint density at radius 3 is 3.08 bits per heavy atom. The SMILES string of the molecule is C/C(=C\C(C)Nc1nc(F)nc2c1ncn2C1CCCCO1)CO. The van der Waals surface area contributed by atoms with Gasteiger partial charge in [-0.1, -0.05) is 11.6 Å². The van der Waals surface area contributed by atoms with Crippen molar-refractivity contribution in [1.29, 1.82) is 0 Å². The van der Waals surface area contributed by atoms with E-state index < -0.39 is 6.08 Å². The predicted octanol–water partition coefficient (Wildman–Crippen LogP) is 2.40. The number of fused-ring (bicyclic) bond motifs is 1. The number of halogens is 1. The number of hydrogen-bond acceptors (Lipinski definition) is 6. The van der Waals surface area contributed by atoms with Gasteiger partial charge >= 0.3 is 6.08 Å². The van der Waals surface area contributed by atoms with E-state index in [1.165, 1.54) is 0 Å². The van der Waals surface area contributed by atoms with Crippen LogP contribution in [0.3, 0.4) is 0 Å². The first-order chi connectivity index (χ1) is 11.6. The summed E-state index contributed by atoms with van der Waals surface area (Å²) in [6.07, 6.45) is 5.46. The van der Waals surface area contributed by atoms with E-state index in [1.807, 2.05) is 19.9 Å². The Balaban J connectivity index is 1.93. The normalized spacial score (nSPS) is 20.3. The number of imidazole rings is 1. The molecular formula is C16H22FN5O2. The second-order valence-corrected chi connectivity index (χ2v) is 6.09. The Hall–Kier alpha value is -2.06. The number of aliphatic hydroxyl groups excluding tert-OH is 1. The van der Waals surface area contributed by atoms with E-state index in [0.29, 0.717) is 23.6 Å². The number of aromatic nitrogens is 4. The second kappa shape index (κ2) is 7.23. The summed E-state index contributed by atoms with van der Waals surface area (Å²) in [4.78, 5) is 12.1. The number of nitrogens with zero attached hydrogens (tertiary/aromatic N) is 4. The van der Waals surface area contributed by atoms with Gasteiger partial charge in [-0.3, -0.25) is 4.57 Å². The lowest BCUT2D eigenvalue weighted by atomic mass is 10.2. The molecule has 2 aromatic heterocycles. The average molecular weight is 335 g/mol. The summed E-state index contributed by atoms with van der Waals surface area (Å²) in [6, 6.07) is -0.134. The number of aliphatic hydroxyl groups is 1. The zero-order valence-electron chi connectivity index (χ0n) is 13.9. The van der Waals surface area contributed by atoms with Crippen molar-refractivity contribution in [2.75, 3.05) is 18.5 Å². The molecule has 2 atom stereocenters. The Kier molecular flexibility index (Phi) is 5.06. The Labute approximate surface area is 139 Å². The van der Waals surface area contributed by atoms with Crippen LogP contribution in [0.4, 0.5) is 10.2 Å². The molecule has 7 nitrogen and oxygen atoms in total. The monoisotopic (exact) mass is 335 g/mol. The topological polar surface area (TPSA) is 85.1 Å². The quantitative estimate of drug-likeness (QED) is 0.645. The molecule has 1 aliphatic heterocycles. The first-order valence-corrected chi connectivity index (χ1v) is 8.15. The molecule has 0 radical (unpaired) electrons. The Morgan fingerprint density at radius 2 is 2.38 bits per heavy atom. The molecular weight excluding hydrogens is 313 g/mol. The van der Waals surface area contributed by atoms with Crippen molar-refractivity contribution >= 4 is 17.0 Å². The Morgan fingerprint density at radius 1 is 1.54 bits per heavy atom. The molecule has 8 heteroatoms. The van der Waals surface area contributed by atoms with E-state index >= 15 is 0 Å². The molecule has 0 saturated carbocycles. The van der Waals surface area contributed by atoms with Gasteiger partial charge in [-0.2, -0.15) is 14.4 Å². The highest BCUT2D eigenvalue weighted by Crippen LogP contribution is 2.27. The molecule has 3 heterocycles. The largest absolute Gasteiger partial charge is 0.392 e. The third-order valence-electron chi connectivity index (χ3n) is 4.01. The van der Waals surface area contributed by atoms with Crippen molar-refractivity contribution in [2.24, 2.45) is 0 Å². The van der Waals surface area contributed by atoms with Crippen LogP contribution in [0.1, 0.15) is 39.3 Å². The first-order valence-electron chi connectivity index (χ1n) is 8.15. The molecule has 0 amide bonds. The van der Waals surface area contributed by atoms with Gasteiger partial charge in [0.2, 0.25) is 0 Å². The van der Waals surface area contributed by atoms with Crippen LogP contribution in [0, 0.1) is 6.08 Å². The van der Waals surface area contributed by atoms with Crippen LogP contribution in [-0.2, 0) is 4.74 Å². The van der Waals surface area contributed by atoms with Crippen LogP contribution in [0.25, 0.3) is 11.2 Å². The lowest BCUT2D eigenvalue weighted by molar-refractivity contribution is -0.0298. The van der Waals surface area contributed by atoms with Crippen LogP contribution in [0.5, 0.6) is 0 Å². The fraction of sp³-hybridized carbons (Fsp3) is 0.562.